The third kappa shape index (κ3) is 5.96. The smallest absolute Gasteiger partial charge is 0.399 e. The number of alkyl halides is 12. The highest BCUT2D eigenvalue weighted by molar-refractivity contribution is 5.76. The van der Waals surface area contributed by atoms with Gasteiger partial charge in [-0.05, 0) is 82.6 Å². The van der Waals surface area contributed by atoms with Crippen molar-refractivity contribution in [2.24, 2.45) is 0 Å². The standard InChI is InChI=1S/C32H22F12N2/c33-29(34,35)24-12-16(2-6-20(24)22-8-4-18(45)14-26(22)31(39,40)41)28(10-1-11-28)17-3-7-21(25(13-17)30(36,37)38)23-9-5-19(46)15-27(23)32(42,43)44/h2-9,12-15H,1,10-11,45-46H2/i1D. The molecule has 5 rings (SSSR count). The normalized spacial score (nSPS) is 16.2. The van der Waals surface area contributed by atoms with E-state index in [0.29, 0.717) is 24.3 Å². The maximum atomic E-state index is 14.4. The molecule has 1 aliphatic carbocycles. The lowest BCUT2D eigenvalue weighted by Gasteiger charge is -2.44. The van der Waals surface area contributed by atoms with Gasteiger partial charge < -0.3 is 11.5 Å². The summed E-state index contributed by atoms with van der Waals surface area (Å²) in [5.41, 5.74) is -1.20. The van der Waals surface area contributed by atoms with Crippen molar-refractivity contribution in [2.75, 3.05) is 11.5 Å². The molecule has 0 atom stereocenters. The molecule has 0 radical (unpaired) electrons. The van der Waals surface area contributed by atoms with Crippen molar-refractivity contribution in [3.8, 4) is 22.3 Å². The van der Waals surface area contributed by atoms with Crippen molar-refractivity contribution in [3.63, 3.8) is 0 Å². The van der Waals surface area contributed by atoms with Crippen LogP contribution >= 0.6 is 0 Å². The van der Waals surface area contributed by atoms with Gasteiger partial charge in [0.1, 0.15) is 0 Å². The van der Waals surface area contributed by atoms with E-state index in [-0.39, 0.29) is 35.3 Å². The predicted molar refractivity (Wildman–Crippen MR) is 147 cm³/mol. The first-order valence-electron chi connectivity index (χ1n) is 13.9. The minimum absolute atomic E-state index is 0.231. The van der Waals surface area contributed by atoms with Crippen LogP contribution in [0, 0.1) is 0 Å². The van der Waals surface area contributed by atoms with Crippen molar-refractivity contribution >= 4 is 11.4 Å². The fourth-order valence-electron chi connectivity index (χ4n) is 5.76. The Morgan fingerprint density at radius 1 is 0.457 bits per heavy atom. The van der Waals surface area contributed by atoms with Crippen LogP contribution in [-0.2, 0) is 30.1 Å². The van der Waals surface area contributed by atoms with Crippen LogP contribution in [-0.4, -0.2) is 0 Å². The van der Waals surface area contributed by atoms with Gasteiger partial charge in [-0.2, -0.15) is 52.7 Å². The van der Waals surface area contributed by atoms with Gasteiger partial charge >= 0.3 is 24.7 Å². The Kier molecular flexibility index (Phi) is 7.47. The Balaban J connectivity index is 1.72. The molecule has 46 heavy (non-hydrogen) atoms. The molecule has 4 aromatic rings. The first-order valence-corrected chi connectivity index (χ1v) is 13.3. The summed E-state index contributed by atoms with van der Waals surface area (Å²) in [6.45, 7) is 0. The highest BCUT2D eigenvalue weighted by Gasteiger charge is 2.46. The van der Waals surface area contributed by atoms with Crippen LogP contribution < -0.4 is 11.5 Å². The molecule has 0 spiro atoms. The predicted octanol–water partition coefficient (Wildman–Crippen LogP) is 10.7. The van der Waals surface area contributed by atoms with Gasteiger partial charge in [-0.25, -0.2) is 0 Å². The fraction of sp³-hybridized carbons (Fsp3) is 0.250. The second-order valence-electron chi connectivity index (χ2n) is 10.9. The first-order chi connectivity index (χ1) is 21.5. The van der Waals surface area contributed by atoms with Crippen LogP contribution in [0.3, 0.4) is 0 Å². The lowest BCUT2D eigenvalue weighted by molar-refractivity contribution is -0.139. The van der Waals surface area contributed by atoms with Crippen LogP contribution in [0.1, 0.15) is 54.0 Å². The largest absolute Gasteiger partial charge is 0.417 e. The summed E-state index contributed by atoms with van der Waals surface area (Å²) in [7, 11) is 0. The summed E-state index contributed by atoms with van der Waals surface area (Å²) in [5, 5.41) is 0. The van der Waals surface area contributed by atoms with Gasteiger partial charge in [0.25, 0.3) is 0 Å². The zero-order chi connectivity index (χ0) is 34.9. The summed E-state index contributed by atoms with van der Waals surface area (Å²) < 4.78 is 178. The molecule has 0 bridgehead atoms. The molecular formula is C32H22F12N2. The first kappa shape index (κ1) is 31.6. The molecule has 4 aromatic carbocycles. The van der Waals surface area contributed by atoms with Crippen molar-refractivity contribution in [2.45, 2.75) is 49.4 Å². The topological polar surface area (TPSA) is 52.0 Å². The van der Waals surface area contributed by atoms with Crippen LogP contribution in [0.2, 0.25) is 0 Å². The average molecular weight is 664 g/mol. The Morgan fingerprint density at radius 2 is 0.739 bits per heavy atom. The van der Waals surface area contributed by atoms with E-state index in [1.165, 1.54) is 0 Å². The van der Waals surface area contributed by atoms with E-state index in [1.807, 2.05) is 0 Å². The Labute approximate surface area is 255 Å². The zero-order valence-corrected chi connectivity index (χ0v) is 23.1. The molecule has 14 heteroatoms. The van der Waals surface area contributed by atoms with Crippen LogP contribution in [0.25, 0.3) is 22.3 Å². The van der Waals surface area contributed by atoms with Crippen LogP contribution in [0.5, 0.6) is 0 Å². The lowest BCUT2D eigenvalue weighted by Crippen LogP contribution is -2.36. The van der Waals surface area contributed by atoms with E-state index in [1.54, 1.807) is 0 Å². The van der Waals surface area contributed by atoms with E-state index in [9.17, 15) is 52.7 Å². The highest BCUT2D eigenvalue weighted by atomic mass is 19.4. The molecule has 0 unspecified atom stereocenters. The molecule has 0 aliphatic heterocycles. The third-order valence-electron chi connectivity index (χ3n) is 8.02. The second-order valence-corrected chi connectivity index (χ2v) is 10.9. The van der Waals surface area contributed by atoms with Gasteiger partial charge in [0.05, 0.1) is 22.3 Å². The number of benzene rings is 4. The number of nitrogen functional groups attached to an aromatic ring is 2. The quantitative estimate of drug-likeness (QED) is 0.169. The highest BCUT2D eigenvalue weighted by Crippen LogP contribution is 2.53. The molecule has 0 aromatic heterocycles. The molecule has 4 N–H and O–H groups in total. The summed E-state index contributed by atoms with van der Waals surface area (Å²) in [6, 6.07) is 9.24. The summed E-state index contributed by atoms with van der Waals surface area (Å²) >= 11 is 0. The van der Waals surface area contributed by atoms with Crippen molar-refractivity contribution < 1.29 is 54.1 Å². The number of halogens is 12. The molecule has 1 fully saturated rings. The number of hydrogen-bond acceptors (Lipinski definition) is 2. The van der Waals surface area contributed by atoms with Gasteiger partial charge in [0.2, 0.25) is 0 Å². The Hall–Kier alpha value is -4.36. The van der Waals surface area contributed by atoms with Gasteiger partial charge in [-0.1, -0.05) is 42.8 Å². The number of nitrogens with two attached hydrogens (primary N) is 2. The van der Waals surface area contributed by atoms with Crippen molar-refractivity contribution in [1.82, 2.24) is 0 Å². The van der Waals surface area contributed by atoms with Gasteiger partial charge in [0.15, 0.2) is 0 Å². The summed E-state index contributed by atoms with van der Waals surface area (Å²) in [5.74, 6) is 0. The van der Waals surface area contributed by atoms with E-state index >= 15 is 0 Å². The molecule has 0 heterocycles. The maximum absolute atomic E-state index is 14.4. The zero-order valence-electron chi connectivity index (χ0n) is 24.1. The van der Waals surface area contributed by atoms with Gasteiger partial charge in [-0.15, -0.1) is 0 Å². The molecule has 1 saturated carbocycles. The van der Waals surface area contributed by atoms with E-state index in [0.717, 1.165) is 48.5 Å². The molecule has 0 saturated heterocycles. The Bertz CT molecular complexity index is 1710. The van der Waals surface area contributed by atoms with E-state index < -0.39 is 81.0 Å². The SMILES string of the molecule is [2H]C1CC(c2ccc(-c3ccc(N)cc3C(F)(F)F)c(C(F)(F)F)c2)(c2ccc(-c3ccc(N)cc3C(F)(F)F)c(C(F)(F)F)c2)C1. The minimum atomic E-state index is -5.23. The molecule has 244 valence electrons. The lowest BCUT2D eigenvalue weighted by atomic mass is 9.60. The second kappa shape index (κ2) is 10.9. The average Bonchev–Trinajstić information content (AvgIpc) is 2.93. The monoisotopic (exact) mass is 663 g/mol. The summed E-state index contributed by atoms with van der Waals surface area (Å²) in [6.07, 6.45) is -22.1. The van der Waals surface area contributed by atoms with E-state index in [4.69, 9.17) is 12.8 Å². The Morgan fingerprint density at radius 3 is 1.02 bits per heavy atom. The van der Waals surface area contributed by atoms with Crippen LogP contribution in [0.4, 0.5) is 64.1 Å². The molecule has 1 aliphatic rings. The number of rotatable bonds is 4. The number of hydrogen-bond donors (Lipinski definition) is 2. The van der Waals surface area contributed by atoms with E-state index in [2.05, 4.69) is 0 Å². The maximum Gasteiger partial charge on any atom is 0.417 e. The molecule has 2 nitrogen and oxygen atoms in total. The molecular weight excluding hydrogens is 640 g/mol. The minimum Gasteiger partial charge on any atom is -0.399 e. The van der Waals surface area contributed by atoms with Gasteiger partial charge in [-0.3, -0.25) is 0 Å². The third-order valence-corrected chi connectivity index (χ3v) is 8.02. The van der Waals surface area contributed by atoms with Crippen molar-refractivity contribution in [1.29, 1.82) is 0 Å². The van der Waals surface area contributed by atoms with Crippen LogP contribution in [0.15, 0.2) is 72.8 Å². The fourth-order valence-corrected chi connectivity index (χ4v) is 5.76. The van der Waals surface area contributed by atoms with Gasteiger partial charge in [0, 0.05) is 18.2 Å². The molecule has 0 amide bonds. The van der Waals surface area contributed by atoms with Crippen molar-refractivity contribution in [3.05, 3.63) is 106 Å². The number of anilines is 2. The summed E-state index contributed by atoms with van der Waals surface area (Å²) in [4.78, 5) is 0.